The van der Waals surface area contributed by atoms with Crippen LogP contribution < -0.4 is 0 Å². The van der Waals surface area contributed by atoms with E-state index in [4.69, 9.17) is 9.90 Å². The molecule has 9 unspecified atom stereocenters. The third-order valence-electron chi connectivity index (χ3n) is 15.3. The van der Waals surface area contributed by atoms with Gasteiger partial charge in [-0.05, 0) is 125 Å². The highest BCUT2D eigenvalue weighted by molar-refractivity contribution is 5.62. The molecule has 9 aliphatic rings. The monoisotopic (exact) mass is 470 g/mol. The predicted molar refractivity (Wildman–Crippen MR) is 140 cm³/mol. The Morgan fingerprint density at radius 1 is 0.676 bits per heavy atom. The van der Waals surface area contributed by atoms with Crippen LogP contribution >= 0.6 is 0 Å². The summed E-state index contributed by atoms with van der Waals surface area (Å²) in [5, 5.41) is 7.42. The summed E-state index contributed by atoms with van der Waals surface area (Å²) in [6, 6.07) is 0. The minimum absolute atomic E-state index is 0.499. The van der Waals surface area contributed by atoms with Crippen molar-refractivity contribution < 1.29 is 9.90 Å². The number of carbonyl (C=O) groups is 1. The molecule has 0 amide bonds. The highest BCUT2D eigenvalue weighted by Crippen LogP contribution is 2.89. The molecule has 9 atom stereocenters. The molecule has 0 aromatic carbocycles. The maximum absolute atomic E-state index is 9.00. The molecule has 9 fully saturated rings. The molecule has 0 aromatic rings. The molecule has 194 valence electrons. The zero-order valence-electron chi connectivity index (χ0n) is 24.1. The maximum atomic E-state index is 9.00. The second-order valence-corrected chi connectivity index (χ2v) is 16.4. The van der Waals surface area contributed by atoms with Crippen molar-refractivity contribution in [3.8, 4) is 0 Å². The lowest BCUT2D eigenvalue weighted by Crippen LogP contribution is -2.80. The highest BCUT2D eigenvalue weighted by atomic mass is 16.4. The van der Waals surface area contributed by atoms with Gasteiger partial charge >= 0.3 is 0 Å². The van der Waals surface area contributed by atoms with Crippen molar-refractivity contribution in [2.24, 2.45) is 67.5 Å². The number of hydrogen-bond acceptors (Lipinski definition) is 1. The second-order valence-electron chi connectivity index (χ2n) is 16.4. The van der Waals surface area contributed by atoms with Gasteiger partial charge in [0.15, 0.2) is 0 Å². The van der Waals surface area contributed by atoms with Crippen molar-refractivity contribution in [1.82, 2.24) is 0 Å². The molecule has 0 heterocycles. The predicted octanol–water partition coefficient (Wildman–Crippen LogP) is 8.83. The van der Waals surface area contributed by atoms with Crippen LogP contribution in [0.1, 0.15) is 127 Å². The van der Waals surface area contributed by atoms with E-state index in [0.717, 1.165) is 36.5 Å². The van der Waals surface area contributed by atoms with Crippen molar-refractivity contribution in [2.75, 3.05) is 0 Å². The van der Waals surface area contributed by atoms with Crippen LogP contribution in [0.2, 0.25) is 0 Å². The molecule has 9 rings (SSSR count). The normalized spacial score (nSPS) is 54.8. The van der Waals surface area contributed by atoms with Gasteiger partial charge in [-0.1, -0.05) is 62.3 Å². The highest BCUT2D eigenvalue weighted by Gasteiger charge is 2.83. The van der Waals surface area contributed by atoms with E-state index in [1.807, 2.05) is 0 Å². The van der Waals surface area contributed by atoms with Crippen LogP contribution in [0.25, 0.3) is 0 Å². The number of carboxylic acid groups (broad SMARTS) is 1. The van der Waals surface area contributed by atoms with E-state index in [0.29, 0.717) is 37.9 Å². The van der Waals surface area contributed by atoms with E-state index in [1.54, 1.807) is 6.42 Å². The van der Waals surface area contributed by atoms with Gasteiger partial charge in [0.25, 0.3) is 5.97 Å². The van der Waals surface area contributed by atoms with Crippen LogP contribution in [0.5, 0.6) is 0 Å². The first-order valence-corrected chi connectivity index (χ1v) is 14.6. The average Bonchev–Trinajstić information content (AvgIpc) is 2.72. The summed E-state index contributed by atoms with van der Waals surface area (Å²) in [7, 11) is 0. The van der Waals surface area contributed by atoms with Crippen molar-refractivity contribution in [3.63, 3.8) is 0 Å². The molecular weight excluding hydrogens is 416 g/mol. The van der Waals surface area contributed by atoms with Gasteiger partial charge in [-0.3, -0.25) is 4.79 Å². The van der Waals surface area contributed by atoms with Gasteiger partial charge in [0.05, 0.1) is 0 Å². The van der Waals surface area contributed by atoms with Gasteiger partial charge in [-0.2, -0.15) is 0 Å². The zero-order chi connectivity index (χ0) is 25.3. The molecule has 1 N–H and O–H groups in total. The van der Waals surface area contributed by atoms with Crippen LogP contribution in [-0.4, -0.2) is 11.1 Å². The van der Waals surface area contributed by atoms with E-state index < -0.39 is 5.97 Å². The van der Waals surface area contributed by atoms with Gasteiger partial charge in [0.1, 0.15) is 0 Å². The quantitative estimate of drug-likeness (QED) is 0.437. The molecule has 0 saturated heterocycles. The third kappa shape index (κ3) is 2.48. The van der Waals surface area contributed by atoms with E-state index in [9.17, 15) is 0 Å². The average molecular weight is 471 g/mol. The Hall–Kier alpha value is -0.530. The van der Waals surface area contributed by atoms with Gasteiger partial charge in [0, 0.05) is 6.92 Å². The van der Waals surface area contributed by atoms with Gasteiger partial charge in [0.2, 0.25) is 0 Å². The molecule has 0 aromatic heterocycles. The molecule has 9 saturated carbocycles. The first-order chi connectivity index (χ1) is 15.4. The van der Waals surface area contributed by atoms with Crippen molar-refractivity contribution in [1.29, 1.82) is 0 Å². The lowest BCUT2D eigenvalue weighted by Gasteiger charge is -2.87. The van der Waals surface area contributed by atoms with Crippen molar-refractivity contribution in [3.05, 3.63) is 0 Å². The molecule has 34 heavy (non-hydrogen) atoms. The largest absolute Gasteiger partial charge is 0.481 e. The van der Waals surface area contributed by atoms with E-state index in [1.165, 1.54) is 51.4 Å². The Balaban J connectivity index is 0.000000560. The summed E-state index contributed by atoms with van der Waals surface area (Å²) < 4.78 is 0. The third-order valence-corrected chi connectivity index (χ3v) is 15.3. The topological polar surface area (TPSA) is 37.3 Å². The molecule has 0 spiro atoms. The summed E-state index contributed by atoms with van der Waals surface area (Å²) in [5.74, 6) is 4.08. The summed E-state index contributed by atoms with van der Waals surface area (Å²) in [5.41, 5.74) is 3.78. The molecule has 6 bridgehead atoms. The molecule has 9 aliphatic carbocycles. The second kappa shape index (κ2) is 6.86. The van der Waals surface area contributed by atoms with Crippen molar-refractivity contribution in [2.45, 2.75) is 127 Å². The summed E-state index contributed by atoms with van der Waals surface area (Å²) >= 11 is 0. The number of fused-ring (bicyclic) bond motifs is 7. The Labute approximate surface area is 210 Å². The molecule has 2 heteroatoms. The zero-order valence-corrected chi connectivity index (χ0v) is 24.1. The smallest absolute Gasteiger partial charge is 0.300 e. The van der Waals surface area contributed by atoms with Crippen LogP contribution in [0.15, 0.2) is 0 Å². The Kier molecular flexibility index (Phi) is 5.07. The lowest BCUT2D eigenvalue weighted by atomic mass is 9.17. The van der Waals surface area contributed by atoms with E-state index in [-0.39, 0.29) is 0 Å². The summed E-state index contributed by atoms with van der Waals surface area (Å²) in [6.45, 7) is 25.6. The Morgan fingerprint density at radius 3 is 1.50 bits per heavy atom. The number of carboxylic acids is 1. The van der Waals surface area contributed by atoms with Crippen LogP contribution in [0, 0.1) is 67.5 Å². The van der Waals surface area contributed by atoms with Gasteiger partial charge in [-0.25, -0.2) is 0 Å². The van der Waals surface area contributed by atoms with E-state index >= 15 is 0 Å². The minimum atomic E-state index is -0.833. The van der Waals surface area contributed by atoms with Gasteiger partial charge in [-0.15, -0.1) is 0 Å². The van der Waals surface area contributed by atoms with Gasteiger partial charge < -0.3 is 5.11 Å². The molecule has 0 radical (unpaired) electrons. The fraction of sp³-hybridized carbons (Fsp3) is 0.969. The maximum Gasteiger partial charge on any atom is 0.300 e. The first-order valence-electron chi connectivity index (χ1n) is 14.6. The van der Waals surface area contributed by atoms with Crippen molar-refractivity contribution >= 4 is 5.97 Å². The number of aliphatic carboxylic acids is 1. The lowest BCUT2D eigenvalue weighted by molar-refractivity contribution is -0.387. The molecule has 2 nitrogen and oxygen atoms in total. The molecule has 0 aliphatic heterocycles. The first kappa shape index (κ1) is 25.1. The fourth-order valence-electron chi connectivity index (χ4n) is 13.2. The number of rotatable bonds is 2. The molecular formula is C32H54O2. The fourth-order valence-corrected chi connectivity index (χ4v) is 13.2. The minimum Gasteiger partial charge on any atom is -0.481 e. The van der Waals surface area contributed by atoms with E-state index in [2.05, 4.69) is 62.3 Å². The van der Waals surface area contributed by atoms with Crippen LogP contribution in [0.4, 0.5) is 0 Å². The standard InChI is InChI=1S/C30H50.C2H4O2/c1-24(2)19-10-13-27(7,22(24)16-19)29(9)15-12-21-18-30(29,26(21,5)6)28(8)14-11-20-17-23(28)25(20,3)4;1-2(3)4/h19-23H,10-18H2,1-9H3;1H3,(H,3,4). The van der Waals surface area contributed by atoms with Crippen LogP contribution in [0.3, 0.4) is 0 Å². The Morgan fingerprint density at radius 2 is 1.09 bits per heavy atom. The Bertz CT molecular complexity index is 875. The summed E-state index contributed by atoms with van der Waals surface area (Å²) in [4.78, 5) is 9.00. The van der Waals surface area contributed by atoms with Crippen LogP contribution in [-0.2, 0) is 4.79 Å². The SMILES string of the molecule is CC(=O)O.CC1(C)C2CCC(C)(C3(C)CCC4CC3(C3(C)CCC5CC3C5(C)C)C4(C)C)C1C2. The summed E-state index contributed by atoms with van der Waals surface area (Å²) in [6.07, 6.45) is 13.7. The number of hydrogen-bond donors (Lipinski definition) is 1.